The van der Waals surface area contributed by atoms with Gasteiger partial charge >= 0.3 is 0 Å². The standard InChI is InChI=1S/C11H21N/c1-9(2)10(3)12-7-6-11(8-12)4-5-11/h9-10H,4-8H2,1-3H3. The van der Waals surface area contributed by atoms with E-state index in [9.17, 15) is 0 Å². The first kappa shape index (κ1) is 8.55. The fourth-order valence-electron chi connectivity index (χ4n) is 2.32. The van der Waals surface area contributed by atoms with E-state index in [0.29, 0.717) is 0 Å². The fraction of sp³-hybridized carbons (Fsp3) is 1.00. The summed E-state index contributed by atoms with van der Waals surface area (Å²) in [7, 11) is 0. The summed E-state index contributed by atoms with van der Waals surface area (Å²) in [5, 5.41) is 0. The van der Waals surface area contributed by atoms with E-state index < -0.39 is 0 Å². The van der Waals surface area contributed by atoms with Crippen LogP contribution in [0.25, 0.3) is 0 Å². The molecule has 2 aliphatic rings. The summed E-state index contributed by atoms with van der Waals surface area (Å²) in [5.41, 5.74) is 0.809. The maximum atomic E-state index is 2.69. The van der Waals surface area contributed by atoms with Crippen LogP contribution in [-0.2, 0) is 0 Å². The Kier molecular flexibility index (Phi) is 1.95. The summed E-state index contributed by atoms with van der Waals surface area (Å²) in [6.07, 6.45) is 4.49. The SMILES string of the molecule is CC(C)C(C)N1CCC2(CC2)C1. The molecule has 0 aromatic carbocycles. The van der Waals surface area contributed by atoms with Gasteiger partial charge in [-0.25, -0.2) is 0 Å². The van der Waals surface area contributed by atoms with Gasteiger partial charge in [-0.1, -0.05) is 13.8 Å². The van der Waals surface area contributed by atoms with Crippen molar-refractivity contribution in [2.24, 2.45) is 11.3 Å². The molecule has 0 amide bonds. The average molecular weight is 167 g/mol. The molecule has 2 fully saturated rings. The van der Waals surface area contributed by atoms with Gasteiger partial charge in [-0.2, -0.15) is 0 Å². The average Bonchev–Trinajstić information content (AvgIpc) is 2.61. The number of rotatable bonds is 2. The molecule has 1 atom stereocenters. The van der Waals surface area contributed by atoms with E-state index in [1.54, 1.807) is 0 Å². The van der Waals surface area contributed by atoms with E-state index in [-0.39, 0.29) is 0 Å². The van der Waals surface area contributed by atoms with Crippen molar-refractivity contribution in [1.82, 2.24) is 4.90 Å². The van der Waals surface area contributed by atoms with Gasteiger partial charge in [0.25, 0.3) is 0 Å². The third-order valence-corrected chi connectivity index (χ3v) is 3.97. The Bertz CT molecular complexity index is 170. The van der Waals surface area contributed by atoms with Crippen LogP contribution in [0.5, 0.6) is 0 Å². The van der Waals surface area contributed by atoms with Gasteiger partial charge in [-0.3, -0.25) is 4.90 Å². The molecule has 1 saturated carbocycles. The van der Waals surface area contributed by atoms with Gasteiger partial charge in [0, 0.05) is 12.6 Å². The summed E-state index contributed by atoms with van der Waals surface area (Å²) < 4.78 is 0. The van der Waals surface area contributed by atoms with Crippen LogP contribution in [0.4, 0.5) is 0 Å². The molecule has 1 spiro atoms. The molecule has 0 aromatic heterocycles. The topological polar surface area (TPSA) is 3.24 Å². The summed E-state index contributed by atoms with van der Waals surface area (Å²) in [6.45, 7) is 9.81. The van der Waals surface area contributed by atoms with Crippen LogP contribution in [0, 0.1) is 11.3 Å². The number of hydrogen-bond donors (Lipinski definition) is 0. The van der Waals surface area contributed by atoms with E-state index >= 15 is 0 Å². The first-order valence-corrected chi connectivity index (χ1v) is 5.37. The summed E-state index contributed by atoms with van der Waals surface area (Å²) >= 11 is 0. The number of hydrogen-bond acceptors (Lipinski definition) is 1. The Morgan fingerprint density at radius 2 is 1.75 bits per heavy atom. The minimum Gasteiger partial charge on any atom is -0.300 e. The summed E-state index contributed by atoms with van der Waals surface area (Å²) in [6, 6.07) is 0.796. The van der Waals surface area contributed by atoms with Crippen LogP contribution in [0.1, 0.15) is 40.0 Å². The summed E-state index contributed by atoms with van der Waals surface area (Å²) in [4.78, 5) is 2.69. The largest absolute Gasteiger partial charge is 0.300 e. The van der Waals surface area contributed by atoms with Crippen LogP contribution in [0.15, 0.2) is 0 Å². The zero-order valence-corrected chi connectivity index (χ0v) is 8.64. The monoisotopic (exact) mass is 167 g/mol. The van der Waals surface area contributed by atoms with E-state index in [1.807, 2.05) is 0 Å². The molecule has 0 aromatic rings. The van der Waals surface area contributed by atoms with Crippen LogP contribution in [0.2, 0.25) is 0 Å². The van der Waals surface area contributed by atoms with Crippen molar-refractivity contribution in [2.75, 3.05) is 13.1 Å². The van der Waals surface area contributed by atoms with Crippen molar-refractivity contribution in [3.8, 4) is 0 Å². The first-order chi connectivity index (χ1) is 5.63. The molecule has 1 heteroatoms. The lowest BCUT2D eigenvalue weighted by Crippen LogP contribution is -2.34. The molecule has 1 aliphatic heterocycles. The maximum absolute atomic E-state index is 2.69. The number of likely N-dealkylation sites (tertiary alicyclic amines) is 1. The van der Waals surface area contributed by atoms with Gasteiger partial charge in [0.2, 0.25) is 0 Å². The molecule has 0 bridgehead atoms. The van der Waals surface area contributed by atoms with Crippen molar-refractivity contribution in [1.29, 1.82) is 0 Å². The molecule has 1 aliphatic carbocycles. The lowest BCUT2D eigenvalue weighted by atomic mass is 10.0. The molecule has 1 nitrogen and oxygen atoms in total. The van der Waals surface area contributed by atoms with Crippen LogP contribution < -0.4 is 0 Å². The molecule has 1 unspecified atom stereocenters. The Labute approximate surface area is 76.1 Å². The second-order valence-electron chi connectivity index (χ2n) is 5.21. The zero-order valence-electron chi connectivity index (χ0n) is 8.64. The molecular weight excluding hydrogens is 146 g/mol. The lowest BCUT2D eigenvalue weighted by Gasteiger charge is -2.27. The molecule has 2 rings (SSSR count). The Morgan fingerprint density at radius 3 is 2.17 bits per heavy atom. The molecule has 12 heavy (non-hydrogen) atoms. The predicted molar refractivity (Wildman–Crippen MR) is 52.2 cm³/mol. The molecule has 70 valence electrons. The van der Waals surface area contributed by atoms with Crippen LogP contribution in [-0.4, -0.2) is 24.0 Å². The smallest absolute Gasteiger partial charge is 0.00901 e. The molecule has 0 N–H and O–H groups in total. The highest BCUT2D eigenvalue weighted by Gasteiger charge is 2.48. The van der Waals surface area contributed by atoms with Crippen molar-refractivity contribution in [3.63, 3.8) is 0 Å². The minimum atomic E-state index is 0.796. The van der Waals surface area contributed by atoms with Crippen molar-refractivity contribution in [2.45, 2.75) is 46.1 Å². The van der Waals surface area contributed by atoms with E-state index in [2.05, 4.69) is 25.7 Å². The van der Waals surface area contributed by atoms with E-state index in [4.69, 9.17) is 0 Å². The Morgan fingerprint density at radius 1 is 1.08 bits per heavy atom. The van der Waals surface area contributed by atoms with Crippen LogP contribution >= 0.6 is 0 Å². The van der Waals surface area contributed by atoms with Crippen molar-refractivity contribution < 1.29 is 0 Å². The van der Waals surface area contributed by atoms with Gasteiger partial charge in [-0.05, 0) is 44.1 Å². The first-order valence-electron chi connectivity index (χ1n) is 5.37. The quantitative estimate of drug-likeness (QED) is 0.611. The van der Waals surface area contributed by atoms with Gasteiger partial charge in [0.15, 0.2) is 0 Å². The molecule has 1 saturated heterocycles. The molecule has 0 radical (unpaired) electrons. The van der Waals surface area contributed by atoms with Gasteiger partial charge in [0.05, 0.1) is 0 Å². The maximum Gasteiger partial charge on any atom is 0.00901 e. The summed E-state index contributed by atoms with van der Waals surface area (Å²) in [5.74, 6) is 0.818. The fourth-order valence-corrected chi connectivity index (χ4v) is 2.32. The van der Waals surface area contributed by atoms with Crippen molar-refractivity contribution >= 4 is 0 Å². The second kappa shape index (κ2) is 2.73. The third-order valence-electron chi connectivity index (χ3n) is 3.97. The predicted octanol–water partition coefficient (Wildman–Crippen LogP) is 2.52. The Balaban J connectivity index is 1.90. The highest BCUT2D eigenvalue weighted by molar-refractivity contribution is 5.01. The second-order valence-corrected chi connectivity index (χ2v) is 5.21. The van der Waals surface area contributed by atoms with E-state index in [0.717, 1.165) is 17.4 Å². The van der Waals surface area contributed by atoms with Gasteiger partial charge in [-0.15, -0.1) is 0 Å². The minimum absolute atomic E-state index is 0.796. The zero-order chi connectivity index (χ0) is 8.77. The highest BCUT2D eigenvalue weighted by atomic mass is 15.2. The normalized spacial score (nSPS) is 30.0. The van der Waals surface area contributed by atoms with E-state index in [1.165, 1.54) is 32.4 Å². The lowest BCUT2D eigenvalue weighted by molar-refractivity contribution is 0.198. The van der Waals surface area contributed by atoms with Gasteiger partial charge in [0.1, 0.15) is 0 Å². The van der Waals surface area contributed by atoms with Crippen LogP contribution in [0.3, 0.4) is 0 Å². The number of nitrogens with zero attached hydrogens (tertiary/aromatic N) is 1. The molecule has 1 heterocycles. The van der Waals surface area contributed by atoms with Gasteiger partial charge < -0.3 is 0 Å². The highest BCUT2D eigenvalue weighted by Crippen LogP contribution is 2.53. The molecular formula is C11H21N. The van der Waals surface area contributed by atoms with Crippen molar-refractivity contribution in [3.05, 3.63) is 0 Å². The Hall–Kier alpha value is -0.0400. The third kappa shape index (κ3) is 1.39.